The van der Waals surface area contributed by atoms with E-state index in [1.54, 1.807) is 13.0 Å². The molecule has 1 aromatic carbocycles. The first-order chi connectivity index (χ1) is 7.13. The molecule has 0 atom stereocenters. The van der Waals surface area contributed by atoms with E-state index < -0.39 is 0 Å². The molecule has 1 rings (SSSR count). The van der Waals surface area contributed by atoms with Crippen molar-refractivity contribution in [1.82, 2.24) is 4.90 Å². The van der Waals surface area contributed by atoms with Crippen LogP contribution in [-0.2, 0) is 4.79 Å². The van der Waals surface area contributed by atoms with Crippen LogP contribution in [0, 0.1) is 0 Å². The summed E-state index contributed by atoms with van der Waals surface area (Å²) in [6, 6.07) is 12.0. The zero-order chi connectivity index (χ0) is 11.5. The van der Waals surface area contributed by atoms with Crippen LogP contribution in [0.5, 0.6) is 0 Å². The second-order valence-electron chi connectivity index (χ2n) is 3.43. The molecule has 1 aromatic rings. The highest BCUT2D eigenvalue weighted by atomic mass is 16.1. The summed E-state index contributed by atoms with van der Waals surface area (Å²) < 4.78 is 0. The highest BCUT2D eigenvalue weighted by molar-refractivity contribution is 5.87. The van der Waals surface area contributed by atoms with Crippen molar-refractivity contribution in [3.8, 4) is 0 Å². The monoisotopic (exact) mass is 205 g/mol. The quantitative estimate of drug-likeness (QED) is 0.706. The van der Waals surface area contributed by atoms with Crippen molar-refractivity contribution in [3.05, 3.63) is 48.6 Å². The van der Waals surface area contributed by atoms with Crippen molar-refractivity contribution in [2.45, 2.75) is 6.92 Å². The Morgan fingerprint density at radius 3 is 1.73 bits per heavy atom. The number of hydrogen-bond donors (Lipinski definition) is 0. The third kappa shape index (κ3) is 12.6. The Balaban J connectivity index is 0.000000280. The number of ketones is 1. The van der Waals surface area contributed by atoms with Crippen LogP contribution in [0.25, 0.3) is 0 Å². The van der Waals surface area contributed by atoms with Gasteiger partial charge in [0.1, 0.15) is 0 Å². The number of carbonyl (C=O) groups is 1. The second kappa shape index (κ2) is 9.16. The van der Waals surface area contributed by atoms with Crippen LogP contribution in [0.4, 0.5) is 0 Å². The molecule has 0 aromatic heterocycles. The van der Waals surface area contributed by atoms with Crippen molar-refractivity contribution in [1.29, 1.82) is 0 Å². The minimum Gasteiger partial charge on any atom is -0.306 e. The molecule has 0 radical (unpaired) electrons. The Hall–Kier alpha value is -1.41. The third-order valence-electron chi connectivity index (χ3n) is 1.49. The highest BCUT2D eigenvalue weighted by Gasteiger charge is 1.83. The lowest BCUT2D eigenvalue weighted by Crippen LogP contribution is -2.10. The fraction of sp³-hybridized carbons (Fsp3) is 0.308. The number of nitrogens with zero attached hydrogens (tertiary/aromatic N) is 1. The van der Waals surface area contributed by atoms with E-state index in [0.717, 1.165) is 6.54 Å². The molecule has 2 nitrogen and oxygen atoms in total. The van der Waals surface area contributed by atoms with Gasteiger partial charge in [0.25, 0.3) is 0 Å². The first-order valence-corrected chi connectivity index (χ1v) is 4.95. The van der Waals surface area contributed by atoms with Crippen LogP contribution in [0.3, 0.4) is 0 Å². The molecular formula is C13H19NO. The molecule has 2 heteroatoms. The van der Waals surface area contributed by atoms with Gasteiger partial charge < -0.3 is 4.90 Å². The van der Waals surface area contributed by atoms with Gasteiger partial charge in [-0.05, 0) is 27.1 Å². The van der Waals surface area contributed by atoms with Gasteiger partial charge in [-0.3, -0.25) is 4.79 Å². The fourth-order valence-corrected chi connectivity index (χ4v) is 0.814. The van der Waals surface area contributed by atoms with Crippen molar-refractivity contribution in [2.75, 3.05) is 20.6 Å². The van der Waals surface area contributed by atoms with E-state index in [-0.39, 0.29) is 5.78 Å². The summed E-state index contributed by atoms with van der Waals surface area (Å²) in [5.74, 6) is 0.108. The van der Waals surface area contributed by atoms with Gasteiger partial charge in [0.2, 0.25) is 0 Å². The van der Waals surface area contributed by atoms with Crippen molar-refractivity contribution in [2.24, 2.45) is 0 Å². The first kappa shape index (κ1) is 13.6. The van der Waals surface area contributed by atoms with E-state index in [1.165, 1.54) is 0 Å². The minimum absolute atomic E-state index is 0.108. The maximum atomic E-state index is 10.3. The number of hydrogen-bond acceptors (Lipinski definition) is 2. The minimum atomic E-state index is 0.108. The van der Waals surface area contributed by atoms with E-state index in [9.17, 15) is 4.79 Å². The van der Waals surface area contributed by atoms with Crippen LogP contribution >= 0.6 is 0 Å². The lowest BCUT2D eigenvalue weighted by Gasteiger charge is -2.02. The Kier molecular flexibility index (Phi) is 8.30. The van der Waals surface area contributed by atoms with Crippen LogP contribution < -0.4 is 0 Å². The second-order valence-corrected chi connectivity index (χ2v) is 3.43. The molecule has 0 fully saturated rings. The van der Waals surface area contributed by atoms with Gasteiger partial charge in [0, 0.05) is 6.54 Å². The average Bonchev–Trinajstić information content (AvgIpc) is 2.20. The summed E-state index contributed by atoms with van der Waals surface area (Å²) >= 11 is 0. The Bertz CT molecular complexity index is 251. The predicted molar refractivity (Wildman–Crippen MR) is 64.8 cm³/mol. The number of benzene rings is 1. The summed E-state index contributed by atoms with van der Waals surface area (Å²) in [6.45, 7) is 2.38. The Morgan fingerprint density at radius 2 is 1.47 bits per heavy atom. The molecule has 0 unspecified atom stereocenters. The fourth-order valence-electron chi connectivity index (χ4n) is 0.814. The number of carbonyl (C=O) groups excluding carboxylic acids is 1. The lowest BCUT2D eigenvalue weighted by atomic mass is 10.4. The highest BCUT2D eigenvalue weighted by Crippen LogP contribution is 1.80. The topological polar surface area (TPSA) is 20.3 Å². The lowest BCUT2D eigenvalue weighted by molar-refractivity contribution is -0.112. The smallest absolute Gasteiger partial charge is 0.152 e. The largest absolute Gasteiger partial charge is 0.306 e. The molecule has 0 heterocycles. The summed E-state index contributed by atoms with van der Waals surface area (Å²) in [5, 5.41) is 0. The van der Waals surface area contributed by atoms with E-state index in [0.29, 0.717) is 0 Å². The molecule has 0 aliphatic rings. The van der Waals surface area contributed by atoms with Gasteiger partial charge in [0.05, 0.1) is 0 Å². The van der Waals surface area contributed by atoms with Gasteiger partial charge in [-0.25, -0.2) is 0 Å². The molecular weight excluding hydrogens is 186 g/mol. The number of likely N-dealkylation sites (N-methyl/N-ethyl adjacent to an activating group) is 1. The predicted octanol–water partition coefficient (Wildman–Crippen LogP) is 2.38. The molecule has 0 saturated heterocycles. The molecule has 0 aliphatic heterocycles. The summed E-state index contributed by atoms with van der Waals surface area (Å²) in [6.07, 6.45) is 3.43. The number of allylic oxidation sites excluding steroid dienone is 1. The zero-order valence-electron chi connectivity index (χ0n) is 9.68. The molecule has 0 spiro atoms. The Morgan fingerprint density at radius 1 is 1.07 bits per heavy atom. The molecule has 0 N–H and O–H groups in total. The first-order valence-electron chi connectivity index (χ1n) is 4.95. The molecule has 15 heavy (non-hydrogen) atoms. The maximum Gasteiger partial charge on any atom is 0.152 e. The van der Waals surface area contributed by atoms with Gasteiger partial charge >= 0.3 is 0 Å². The van der Waals surface area contributed by atoms with Gasteiger partial charge in [-0.2, -0.15) is 0 Å². The maximum absolute atomic E-state index is 10.3. The molecule has 82 valence electrons. The SMILES string of the molecule is CC(=O)/C=C/CN(C)C.c1ccccc1. The van der Waals surface area contributed by atoms with Gasteiger partial charge in [-0.15, -0.1) is 0 Å². The van der Waals surface area contributed by atoms with E-state index in [2.05, 4.69) is 0 Å². The van der Waals surface area contributed by atoms with Crippen LogP contribution in [0.2, 0.25) is 0 Å². The van der Waals surface area contributed by atoms with Crippen LogP contribution in [-0.4, -0.2) is 31.3 Å². The molecule has 0 aliphatic carbocycles. The van der Waals surface area contributed by atoms with Crippen LogP contribution in [0.15, 0.2) is 48.6 Å². The van der Waals surface area contributed by atoms with Crippen LogP contribution in [0.1, 0.15) is 6.92 Å². The molecule has 0 saturated carbocycles. The van der Waals surface area contributed by atoms with E-state index >= 15 is 0 Å². The summed E-state index contributed by atoms with van der Waals surface area (Å²) in [7, 11) is 3.93. The van der Waals surface area contributed by atoms with Crippen molar-refractivity contribution < 1.29 is 4.79 Å². The summed E-state index contributed by atoms with van der Waals surface area (Å²) in [5.41, 5.74) is 0. The normalized spacial score (nSPS) is 9.87. The average molecular weight is 205 g/mol. The van der Waals surface area contributed by atoms with E-state index in [4.69, 9.17) is 0 Å². The molecule has 0 bridgehead atoms. The molecule has 0 amide bonds. The third-order valence-corrected chi connectivity index (χ3v) is 1.49. The zero-order valence-corrected chi connectivity index (χ0v) is 9.68. The standard InChI is InChI=1S/C7H13NO.C6H6/c1-7(9)5-4-6-8(2)3;1-2-4-6-5-3-1/h4-5H,6H2,1-3H3;1-6H/b5-4+;. The Labute approximate surface area is 92.2 Å². The summed E-state index contributed by atoms with van der Waals surface area (Å²) in [4.78, 5) is 12.3. The van der Waals surface area contributed by atoms with E-state index in [1.807, 2.05) is 61.5 Å². The number of rotatable bonds is 3. The van der Waals surface area contributed by atoms with Gasteiger partial charge in [-0.1, -0.05) is 42.5 Å². The van der Waals surface area contributed by atoms with Gasteiger partial charge in [0.15, 0.2) is 5.78 Å². The van der Waals surface area contributed by atoms with Crippen molar-refractivity contribution in [3.63, 3.8) is 0 Å². The van der Waals surface area contributed by atoms with Crippen molar-refractivity contribution >= 4 is 5.78 Å².